The molecule has 0 unspecified atom stereocenters. The molecule has 0 fully saturated rings. The van der Waals surface area contributed by atoms with Crippen molar-refractivity contribution >= 4 is 11.6 Å². The molecule has 0 atom stereocenters. The van der Waals surface area contributed by atoms with Crippen molar-refractivity contribution in [2.24, 2.45) is 0 Å². The quantitative estimate of drug-likeness (QED) is 0.255. The number of anilines is 1. The first-order valence-electron chi connectivity index (χ1n) is 12.0. The molecule has 0 aliphatic heterocycles. The lowest BCUT2D eigenvalue weighted by atomic mass is 10.1. The van der Waals surface area contributed by atoms with Gasteiger partial charge in [-0.2, -0.15) is 0 Å². The smallest absolute Gasteiger partial charge is 0.262 e. The fourth-order valence-corrected chi connectivity index (χ4v) is 4.01. The molecule has 0 aliphatic rings. The predicted molar refractivity (Wildman–Crippen MR) is 145 cm³/mol. The summed E-state index contributed by atoms with van der Waals surface area (Å²) in [5.41, 5.74) is 6.92. The summed E-state index contributed by atoms with van der Waals surface area (Å²) in [7, 11) is 0. The standard InChI is InChI=1S/C31H27N3O2/c1-2-22-13-17-26(18-14-22)32-28(35)21-36-27-19-15-25(16-20-27)31-33-29(23-9-5-3-6-10-23)30(34-31)24-11-7-4-8-12-24/h3-20H,2,21H2,1H3,(H,32,35)(H,33,34). The maximum atomic E-state index is 12.3. The lowest BCUT2D eigenvalue weighted by Crippen LogP contribution is -2.20. The van der Waals surface area contributed by atoms with Gasteiger partial charge < -0.3 is 15.0 Å². The molecule has 2 N–H and O–H groups in total. The number of ether oxygens (including phenoxy) is 1. The molecule has 0 aliphatic carbocycles. The molecule has 0 radical (unpaired) electrons. The molecule has 178 valence electrons. The van der Waals surface area contributed by atoms with Gasteiger partial charge in [-0.25, -0.2) is 4.98 Å². The van der Waals surface area contributed by atoms with Gasteiger partial charge in [0, 0.05) is 22.4 Å². The number of H-pyrrole nitrogens is 1. The van der Waals surface area contributed by atoms with Crippen LogP contribution in [0.4, 0.5) is 5.69 Å². The van der Waals surface area contributed by atoms with Crippen LogP contribution in [-0.2, 0) is 11.2 Å². The molecule has 0 bridgehead atoms. The van der Waals surface area contributed by atoms with E-state index in [-0.39, 0.29) is 12.5 Å². The minimum absolute atomic E-state index is 0.0636. The third kappa shape index (κ3) is 5.36. The van der Waals surface area contributed by atoms with Crippen molar-refractivity contribution < 1.29 is 9.53 Å². The fourth-order valence-electron chi connectivity index (χ4n) is 4.01. The van der Waals surface area contributed by atoms with Gasteiger partial charge in [0.1, 0.15) is 11.6 Å². The van der Waals surface area contributed by atoms with E-state index in [0.29, 0.717) is 5.75 Å². The molecule has 1 aromatic heterocycles. The number of amides is 1. The van der Waals surface area contributed by atoms with Crippen LogP contribution >= 0.6 is 0 Å². The maximum absolute atomic E-state index is 12.3. The molecule has 1 amide bonds. The normalized spacial score (nSPS) is 10.7. The third-order valence-corrected chi connectivity index (χ3v) is 5.96. The first-order valence-corrected chi connectivity index (χ1v) is 12.0. The van der Waals surface area contributed by atoms with Crippen LogP contribution in [0.15, 0.2) is 109 Å². The van der Waals surface area contributed by atoms with Gasteiger partial charge in [0.2, 0.25) is 0 Å². The monoisotopic (exact) mass is 473 g/mol. The molecule has 36 heavy (non-hydrogen) atoms. The highest BCUT2D eigenvalue weighted by atomic mass is 16.5. The van der Waals surface area contributed by atoms with Crippen LogP contribution in [0, 0.1) is 0 Å². The number of aryl methyl sites for hydroxylation is 1. The number of nitrogens with zero attached hydrogens (tertiary/aromatic N) is 1. The van der Waals surface area contributed by atoms with Crippen molar-refractivity contribution in [1.29, 1.82) is 0 Å². The molecule has 1 heterocycles. The summed E-state index contributed by atoms with van der Waals surface area (Å²) >= 11 is 0. The van der Waals surface area contributed by atoms with Crippen LogP contribution in [0.3, 0.4) is 0 Å². The number of benzene rings is 4. The zero-order valence-corrected chi connectivity index (χ0v) is 20.1. The van der Waals surface area contributed by atoms with Gasteiger partial charge >= 0.3 is 0 Å². The number of aromatic amines is 1. The molecule has 5 nitrogen and oxygen atoms in total. The Labute approximate surface area is 210 Å². The van der Waals surface area contributed by atoms with Gasteiger partial charge in [0.15, 0.2) is 6.61 Å². The molecule has 5 aromatic rings. The summed E-state index contributed by atoms with van der Waals surface area (Å²) in [4.78, 5) is 20.7. The average Bonchev–Trinajstić information content (AvgIpc) is 3.39. The summed E-state index contributed by atoms with van der Waals surface area (Å²) in [6.07, 6.45) is 0.965. The van der Waals surface area contributed by atoms with Gasteiger partial charge in [-0.1, -0.05) is 79.7 Å². The molecule has 5 heteroatoms. The molecule has 0 saturated carbocycles. The first kappa shape index (κ1) is 23.1. The minimum atomic E-state index is -0.200. The van der Waals surface area contributed by atoms with Gasteiger partial charge in [-0.3, -0.25) is 4.79 Å². The van der Waals surface area contributed by atoms with E-state index >= 15 is 0 Å². The van der Waals surface area contributed by atoms with E-state index in [4.69, 9.17) is 9.72 Å². The Hall–Kier alpha value is -4.64. The van der Waals surface area contributed by atoms with Crippen LogP contribution in [0.1, 0.15) is 12.5 Å². The summed E-state index contributed by atoms with van der Waals surface area (Å²) in [6, 6.07) is 35.8. The maximum Gasteiger partial charge on any atom is 0.262 e. The molecule has 0 saturated heterocycles. The Balaban J connectivity index is 1.30. The van der Waals surface area contributed by atoms with Gasteiger partial charge in [-0.15, -0.1) is 0 Å². The molecule has 0 spiro atoms. The summed E-state index contributed by atoms with van der Waals surface area (Å²) < 4.78 is 5.70. The van der Waals surface area contributed by atoms with Crippen molar-refractivity contribution in [3.05, 3.63) is 115 Å². The fraction of sp³-hybridized carbons (Fsp3) is 0.0968. The summed E-state index contributed by atoms with van der Waals surface area (Å²) in [5, 5.41) is 2.86. The second kappa shape index (κ2) is 10.7. The van der Waals surface area contributed by atoms with Crippen LogP contribution in [-0.4, -0.2) is 22.5 Å². The number of nitrogens with one attached hydrogen (secondary N) is 2. The number of hydrogen-bond acceptors (Lipinski definition) is 3. The Bertz CT molecular complexity index is 1370. The van der Waals surface area contributed by atoms with Crippen molar-refractivity contribution in [1.82, 2.24) is 9.97 Å². The third-order valence-electron chi connectivity index (χ3n) is 5.96. The Morgan fingerprint density at radius 3 is 2.06 bits per heavy atom. The Kier molecular flexibility index (Phi) is 6.90. The van der Waals surface area contributed by atoms with Crippen molar-refractivity contribution in [3.8, 4) is 39.7 Å². The largest absolute Gasteiger partial charge is 0.484 e. The number of carbonyl (C=O) groups excluding carboxylic acids is 1. The van der Waals surface area contributed by atoms with E-state index in [1.165, 1.54) is 5.56 Å². The highest BCUT2D eigenvalue weighted by Gasteiger charge is 2.15. The summed E-state index contributed by atoms with van der Waals surface area (Å²) in [6.45, 7) is 2.04. The number of rotatable bonds is 8. The van der Waals surface area contributed by atoms with Gasteiger partial charge in [0.05, 0.1) is 11.4 Å². The Morgan fingerprint density at radius 2 is 1.42 bits per heavy atom. The Morgan fingerprint density at radius 1 is 0.778 bits per heavy atom. The van der Waals surface area contributed by atoms with Crippen LogP contribution in [0.5, 0.6) is 5.75 Å². The minimum Gasteiger partial charge on any atom is -0.484 e. The predicted octanol–water partition coefficient (Wildman–Crippen LogP) is 6.99. The molecule has 4 aromatic carbocycles. The van der Waals surface area contributed by atoms with Crippen molar-refractivity contribution in [2.75, 3.05) is 11.9 Å². The van der Waals surface area contributed by atoms with Crippen LogP contribution in [0.25, 0.3) is 33.9 Å². The van der Waals surface area contributed by atoms with Crippen LogP contribution < -0.4 is 10.1 Å². The second-order valence-corrected chi connectivity index (χ2v) is 8.45. The molecule has 5 rings (SSSR count). The number of aromatic nitrogens is 2. The lowest BCUT2D eigenvalue weighted by Gasteiger charge is -2.08. The van der Waals surface area contributed by atoms with Crippen molar-refractivity contribution in [2.45, 2.75) is 13.3 Å². The number of imidazole rings is 1. The zero-order valence-electron chi connectivity index (χ0n) is 20.1. The van der Waals surface area contributed by atoms with Crippen LogP contribution in [0.2, 0.25) is 0 Å². The lowest BCUT2D eigenvalue weighted by molar-refractivity contribution is -0.118. The highest BCUT2D eigenvalue weighted by molar-refractivity contribution is 5.91. The molecular formula is C31H27N3O2. The van der Waals surface area contributed by atoms with E-state index in [1.54, 1.807) is 0 Å². The first-order chi connectivity index (χ1) is 17.7. The SMILES string of the molecule is CCc1ccc(NC(=O)COc2ccc(-c3nc(-c4ccccc4)c(-c4ccccc4)[nH]3)cc2)cc1. The van der Waals surface area contributed by atoms with E-state index in [2.05, 4.69) is 41.5 Å². The second-order valence-electron chi connectivity index (χ2n) is 8.45. The highest BCUT2D eigenvalue weighted by Crippen LogP contribution is 2.33. The van der Waals surface area contributed by atoms with Gasteiger partial charge in [0.25, 0.3) is 5.91 Å². The average molecular weight is 474 g/mol. The summed E-state index contributed by atoms with van der Waals surface area (Å²) in [5.74, 6) is 1.19. The number of hydrogen-bond donors (Lipinski definition) is 2. The topological polar surface area (TPSA) is 67.0 Å². The number of carbonyl (C=O) groups is 1. The van der Waals surface area contributed by atoms with E-state index in [0.717, 1.165) is 46.0 Å². The van der Waals surface area contributed by atoms with Gasteiger partial charge in [-0.05, 0) is 48.4 Å². The van der Waals surface area contributed by atoms with E-state index < -0.39 is 0 Å². The molecular weight excluding hydrogens is 446 g/mol. The van der Waals surface area contributed by atoms with E-state index in [9.17, 15) is 4.79 Å². The van der Waals surface area contributed by atoms with Crippen molar-refractivity contribution in [3.63, 3.8) is 0 Å². The zero-order chi connectivity index (χ0) is 24.7. The van der Waals surface area contributed by atoms with E-state index in [1.807, 2.05) is 84.9 Å².